The molecule has 3 nitrogen and oxygen atoms in total. The van der Waals surface area contributed by atoms with Gasteiger partial charge in [0, 0.05) is 6.21 Å². The smallest absolute Gasteiger partial charge is 0.208 e. The van der Waals surface area contributed by atoms with Crippen LogP contribution in [0.3, 0.4) is 0 Å². The van der Waals surface area contributed by atoms with Gasteiger partial charge in [0.15, 0.2) is 0 Å². The van der Waals surface area contributed by atoms with Crippen LogP contribution in [0.15, 0.2) is 4.40 Å². The zero-order valence-electron chi connectivity index (χ0n) is 5.41. The Kier molecular flexibility index (Phi) is 5.51. The van der Waals surface area contributed by atoms with Crippen molar-refractivity contribution in [2.75, 3.05) is 0 Å². The van der Waals surface area contributed by atoms with Crippen molar-refractivity contribution >= 4 is 17.1 Å². The Balaban J connectivity index is 3.25. The van der Waals surface area contributed by atoms with Crippen LogP contribution in [0.25, 0.3) is 0 Å². The summed E-state index contributed by atoms with van der Waals surface area (Å²) in [5, 5.41) is 0. The van der Waals surface area contributed by atoms with Crippen LogP contribution >= 0.6 is 0 Å². The van der Waals surface area contributed by atoms with Gasteiger partial charge in [-0.2, -0.15) is 4.40 Å². The summed E-state index contributed by atoms with van der Waals surface area (Å²) in [4.78, 5) is 0. The average molecular weight is 149 g/mol. The Morgan fingerprint density at radius 1 is 1.56 bits per heavy atom. The quantitative estimate of drug-likeness (QED) is 0.364. The molecule has 0 fully saturated rings. The molecule has 4 heteroatoms. The summed E-state index contributed by atoms with van der Waals surface area (Å²) in [6.45, 7) is 2.05. The molecule has 0 aromatic heterocycles. The van der Waals surface area contributed by atoms with Gasteiger partial charge in [0.2, 0.25) is 10.9 Å². The molecule has 0 aromatic rings. The van der Waals surface area contributed by atoms with E-state index in [4.69, 9.17) is 0 Å². The first kappa shape index (κ1) is 8.62. The highest BCUT2D eigenvalue weighted by Crippen LogP contribution is 1.89. The van der Waals surface area contributed by atoms with E-state index in [1.54, 1.807) is 0 Å². The first-order valence-corrected chi connectivity index (χ1v) is 4.07. The van der Waals surface area contributed by atoms with Crippen LogP contribution in [0.2, 0.25) is 0 Å². The predicted molar refractivity (Wildman–Crippen MR) is 38.3 cm³/mol. The normalized spacial score (nSPS) is 11.3. The topological polar surface area (TPSA) is 46.5 Å². The summed E-state index contributed by atoms with van der Waals surface area (Å²) in [5.74, 6) is 0. The van der Waals surface area contributed by atoms with Crippen molar-refractivity contribution in [2.24, 2.45) is 4.40 Å². The van der Waals surface area contributed by atoms with E-state index in [0.717, 1.165) is 19.3 Å². The second-order valence-corrected chi connectivity index (χ2v) is 2.38. The lowest BCUT2D eigenvalue weighted by atomic mass is 10.3. The molecule has 0 aliphatic rings. The van der Waals surface area contributed by atoms with Crippen molar-refractivity contribution in [1.29, 1.82) is 0 Å². The molecular formula is C5H11NO2S. The summed E-state index contributed by atoms with van der Waals surface area (Å²) in [6.07, 6.45) is 4.28. The van der Waals surface area contributed by atoms with Crippen LogP contribution in [-0.4, -0.2) is 14.6 Å². The lowest BCUT2D eigenvalue weighted by Gasteiger charge is -1.83. The Morgan fingerprint density at radius 3 is 2.67 bits per heavy atom. The third-order valence-electron chi connectivity index (χ3n) is 0.863. The molecule has 0 amide bonds. The number of thiol groups is 1. The number of rotatable bonds is 4. The maximum Gasteiger partial charge on any atom is 0.242 e. The molecule has 0 N–H and O–H groups in total. The van der Waals surface area contributed by atoms with Gasteiger partial charge in [0.1, 0.15) is 0 Å². The van der Waals surface area contributed by atoms with E-state index in [0.29, 0.717) is 0 Å². The summed E-state index contributed by atoms with van der Waals surface area (Å²) in [5.41, 5.74) is 0. The molecule has 0 saturated carbocycles. The summed E-state index contributed by atoms with van der Waals surface area (Å²) in [6, 6.07) is 0. The third kappa shape index (κ3) is 7.62. The summed E-state index contributed by atoms with van der Waals surface area (Å²) >= 11 is 0. The standard InChI is InChI=1S/C5H11NO2S/c1-2-3-4-5-6-9(7)8/h5,9H,2-4H2,1H3. The van der Waals surface area contributed by atoms with Crippen LogP contribution in [0, 0.1) is 0 Å². The lowest BCUT2D eigenvalue weighted by Crippen LogP contribution is -1.75. The number of hydrogen-bond donors (Lipinski definition) is 1. The molecule has 0 spiro atoms. The second-order valence-electron chi connectivity index (χ2n) is 1.68. The van der Waals surface area contributed by atoms with Crippen molar-refractivity contribution in [3.05, 3.63) is 0 Å². The minimum absolute atomic E-state index is 0.764. The van der Waals surface area contributed by atoms with Crippen molar-refractivity contribution in [2.45, 2.75) is 26.2 Å². The van der Waals surface area contributed by atoms with Crippen LogP contribution in [-0.2, 0) is 10.9 Å². The van der Waals surface area contributed by atoms with Crippen LogP contribution in [0.5, 0.6) is 0 Å². The Bertz CT molecular complexity index is 143. The molecule has 0 bridgehead atoms. The predicted octanol–water partition coefficient (Wildman–Crippen LogP) is 0.774. The van der Waals surface area contributed by atoms with Crippen LogP contribution in [0.4, 0.5) is 0 Å². The highest BCUT2D eigenvalue weighted by Gasteiger charge is 1.77. The summed E-state index contributed by atoms with van der Waals surface area (Å²) in [7, 11) is -2.55. The SMILES string of the molecule is CCCCC=N[SH](=O)=O. The number of nitrogens with zero attached hydrogens (tertiary/aromatic N) is 1. The first-order chi connectivity index (χ1) is 4.27. The van der Waals surface area contributed by atoms with Gasteiger partial charge in [-0.25, -0.2) is 8.42 Å². The van der Waals surface area contributed by atoms with Gasteiger partial charge in [-0.3, -0.25) is 0 Å². The zero-order chi connectivity index (χ0) is 7.11. The van der Waals surface area contributed by atoms with Crippen LogP contribution < -0.4 is 0 Å². The highest BCUT2D eigenvalue weighted by atomic mass is 32.2. The van der Waals surface area contributed by atoms with Crippen molar-refractivity contribution in [3.8, 4) is 0 Å². The fourth-order valence-corrected chi connectivity index (χ4v) is 0.669. The van der Waals surface area contributed by atoms with Gasteiger partial charge in [-0.05, 0) is 12.8 Å². The van der Waals surface area contributed by atoms with Gasteiger partial charge in [-0.1, -0.05) is 13.3 Å². The lowest BCUT2D eigenvalue weighted by molar-refractivity contribution is 0.616. The third-order valence-corrected chi connectivity index (χ3v) is 1.21. The van der Waals surface area contributed by atoms with Crippen molar-refractivity contribution in [1.82, 2.24) is 0 Å². The van der Waals surface area contributed by atoms with E-state index in [9.17, 15) is 8.42 Å². The molecule has 54 valence electrons. The molecule has 0 aromatic carbocycles. The van der Waals surface area contributed by atoms with Gasteiger partial charge >= 0.3 is 0 Å². The largest absolute Gasteiger partial charge is 0.242 e. The van der Waals surface area contributed by atoms with E-state index in [1.807, 2.05) is 6.92 Å². The molecule has 0 atom stereocenters. The van der Waals surface area contributed by atoms with Gasteiger partial charge in [-0.15, -0.1) is 0 Å². The minimum Gasteiger partial charge on any atom is -0.208 e. The Hall–Kier alpha value is -0.380. The number of hydrogen-bond acceptors (Lipinski definition) is 2. The molecule has 0 aliphatic heterocycles. The average Bonchev–Trinajstić information content (AvgIpc) is 1.80. The van der Waals surface area contributed by atoms with Gasteiger partial charge < -0.3 is 0 Å². The molecule has 0 heterocycles. The van der Waals surface area contributed by atoms with Gasteiger partial charge in [0.25, 0.3) is 0 Å². The van der Waals surface area contributed by atoms with E-state index >= 15 is 0 Å². The molecule has 0 unspecified atom stereocenters. The van der Waals surface area contributed by atoms with E-state index in [2.05, 4.69) is 4.40 Å². The fraction of sp³-hybridized carbons (Fsp3) is 0.800. The van der Waals surface area contributed by atoms with Crippen LogP contribution in [0.1, 0.15) is 26.2 Å². The molecular weight excluding hydrogens is 138 g/mol. The molecule has 9 heavy (non-hydrogen) atoms. The minimum atomic E-state index is -2.55. The monoisotopic (exact) mass is 149 g/mol. The number of unbranched alkanes of at least 4 members (excludes halogenated alkanes) is 2. The Morgan fingerprint density at radius 2 is 2.22 bits per heavy atom. The maximum absolute atomic E-state index is 9.80. The highest BCUT2D eigenvalue weighted by molar-refractivity contribution is 7.71. The van der Waals surface area contributed by atoms with E-state index in [1.165, 1.54) is 6.21 Å². The zero-order valence-corrected chi connectivity index (χ0v) is 6.30. The van der Waals surface area contributed by atoms with Crippen molar-refractivity contribution < 1.29 is 8.42 Å². The van der Waals surface area contributed by atoms with Crippen molar-refractivity contribution in [3.63, 3.8) is 0 Å². The molecule has 0 rings (SSSR count). The molecule has 0 aliphatic carbocycles. The summed E-state index contributed by atoms with van der Waals surface area (Å²) < 4.78 is 22.8. The second kappa shape index (κ2) is 5.75. The molecule has 0 radical (unpaired) electrons. The fourth-order valence-electron chi connectivity index (χ4n) is 0.420. The van der Waals surface area contributed by atoms with Gasteiger partial charge in [0.05, 0.1) is 0 Å². The maximum atomic E-state index is 9.80. The Labute approximate surface area is 56.9 Å². The first-order valence-electron chi connectivity index (χ1n) is 2.94. The van der Waals surface area contributed by atoms with E-state index in [-0.39, 0.29) is 0 Å². The van der Waals surface area contributed by atoms with E-state index < -0.39 is 10.9 Å². The molecule has 0 saturated heterocycles.